The molecule has 1 aromatic heterocycles. The van der Waals surface area contributed by atoms with E-state index in [-0.39, 0.29) is 18.3 Å². The first kappa shape index (κ1) is 16.8. The lowest BCUT2D eigenvalue weighted by molar-refractivity contribution is -0.141. The van der Waals surface area contributed by atoms with Gasteiger partial charge >= 0.3 is 5.97 Å². The third-order valence-corrected chi connectivity index (χ3v) is 4.25. The van der Waals surface area contributed by atoms with Gasteiger partial charge in [0.05, 0.1) is 25.1 Å². The molecule has 25 heavy (non-hydrogen) atoms. The summed E-state index contributed by atoms with van der Waals surface area (Å²) in [6.45, 7) is 0. The number of rotatable bonds is 5. The van der Waals surface area contributed by atoms with E-state index in [0.717, 1.165) is 16.5 Å². The molecule has 2 aromatic carbocycles. The zero-order valence-electron chi connectivity index (χ0n) is 14.2. The van der Waals surface area contributed by atoms with E-state index < -0.39 is 6.04 Å². The molecule has 5 nitrogen and oxygen atoms in total. The second-order valence-electron chi connectivity index (χ2n) is 5.89. The lowest BCUT2D eigenvalue weighted by Crippen LogP contribution is -2.30. The standard InChI is InChI=1S/C20H20N2O3/c1-22-13-16(15-10-6-7-11-18(15)22)20(24)21-17(12-19(23)25-2)14-8-4-3-5-9-14/h3-11,13,17H,12H2,1-2H3,(H,21,24)/t17-/m1/s1. The van der Waals surface area contributed by atoms with E-state index in [1.54, 1.807) is 6.20 Å². The van der Waals surface area contributed by atoms with Gasteiger partial charge in [-0.3, -0.25) is 9.59 Å². The van der Waals surface area contributed by atoms with Gasteiger partial charge in [0.15, 0.2) is 0 Å². The number of fused-ring (bicyclic) bond motifs is 1. The summed E-state index contributed by atoms with van der Waals surface area (Å²) in [5, 5.41) is 3.85. The van der Waals surface area contributed by atoms with Crippen LogP contribution in [0.25, 0.3) is 10.9 Å². The van der Waals surface area contributed by atoms with E-state index in [2.05, 4.69) is 5.32 Å². The molecule has 0 saturated carbocycles. The Morgan fingerprint density at radius 1 is 1.08 bits per heavy atom. The van der Waals surface area contributed by atoms with Crippen LogP contribution in [-0.4, -0.2) is 23.6 Å². The zero-order valence-corrected chi connectivity index (χ0v) is 14.2. The number of hydrogen-bond acceptors (Lipinski definition) is 3. The molecule has 1 N–H and O–H groups in total. The number of carbonyl (C=O) groups is 2. The molecule has 0 radical (unpaired) electrons. The summed E-state index contributed by atoms with van der Waals surface area (Å²) in [7, 11) is 3.25. The maximum Gasteiger partial charge on any atom is 0.307 e. The molecule has 0 saturated heterocycles. The van der Waals surface area contributed by atoms with Gasteiger partial charge in [0.25, 0.3) is 5.91 Å². The number of methoxy groups -OCH3 is 1. The highest BCUT2D eigenvalue weighted by molar-refractivity contribution is 6.07. The largest absolute Gasteiger partial charge is 0.469 e. The predicted octanol–water partition coefficient (Wildman–Crippen LogP) is 3.21. The van der Waals surface area contributed by atoms with Crippen LogP contribution in [0.15, 0.2) is 60.8 Å². The minimum Gasteiger partial charge on any atom is -0.469 e. The summed E-state index contributed by atoms with van der Waals surface area (Å²) in [5.74, 6) is -0.582. The summed E-state index contributed by atoms with van der Waals surface area (Å²) in [4.78, 5) is 24.6. The number of aryl methyl sites for hydroxylation is 1. The molecule has 128 valence electrons. The summed E-state index contributed by atoms with van der Waals surface area (Å²) in [5.41, 5.74) is 2.43. The Balaban J connectivity index is 1.90. The molecule has 3 aromatic rings. The van der Waals surface area contributed by atoms with Gasteiger partial charge in [-0.2, -0.15) is 0 Å². The fourth-order valence-electron chi connectivity index (χ4n) is 2.95. The van der Waals surface area contributed by atoms with Crippen LogP contribution < -0.4 is 5.32 Å². The van der Waals surface area contributed by atoms with Crippen molar-refractivity contribution >= 4 is 22.8 Å². The number of benzene rings is 2. The predicted molar refractivity (Wildman–Crippen MR) is 96.2 cm³/mol. The summed E-state index contributed by atoms with van der Waals surface area (Å²) >= 11 is 0. The molecule has 1 amide bonds. The third kappa shape index (κ3) is 3.55. The quantitative estimate of drug-likeness (QED) is 0.728. The summed E-state index contributed by atoms with van der Waals surface area (Å²) in [6, 6.07) is 16.7. The monoisotopic (exact) mass is 336 g/mol. The van der Waals surface area contributed by atoms with Crippen LogP contribution in [0.2, 0.25) is 0 Å². The molecule has 1 heterocycles. The first-order chi connectivity index (χ1) is 12.1. The van der Waals surface area contributed by atoms with Crippen LogP contribution in [0, 0.1) is 0 Å². The molecule has 3 rings (SSSR count). The number of nitrogens with zero attached hydrogens (tertiary/aromatic N) is 1. The van der Waals surface area contributed by atoms with Gasteiger partial charge in [-0.05, 0) is 11.6 Å². The number of hydrogen-bond donors (Lipinski definition) is 1. The SMILES string of the molecule is COC(=O)C[C@@H](NC(=O)c1cn(C)c2ccccc12)c1ccccc1. The second kappa shape index (κ2) is 7.21. The topological polar surface area (TPSA) is 60.3 Å². The van der Waals surface area contributed by atoms with Crippen molar-refractivity contribution in [1.82, 2.24) is 9.88 Å². The molecular weight excluding hydrogens is 316 g/mol. The maximum absolute atomic E-state index is 12.8. The first-order valence-corrected chi connectivity index (χ1v) is 8.07. The van der Waals surface area contributed by atoms with Crippen LogP contribution in [0.5, 0.6) is 0 Å². The number of amides is 1. The van der Waals surface area contributed by atoms with Crippen LogP contribution in [0.4, 0.5) is 0 Å². The number of nitrogens with one attached hydrogen (secondary N) is 1. The van der Waals surface area contributed by atoms with Crippen molar-refractivity contribution in [2.45, 2.75) is 12.5 Å². The van der Waals surface area contributed by atoms with Crippen molar-refractivity contribution < 1.29 is 14.3 Å². The smallest absolute Gasteiger partial charge is 0.307 e. The van der Waals surface area contributed by atoms with Crippen LogP contribution in [-0.2, 0) is 16.6 Å². The Labute approximate surface area is 146 Å². The second-order valence-corrected chi connectivity index (χ2v) is 5.89. The average Bonchev–Trinajstić information content (AvgIpc) is 2.99. The molecule has 0 aliphatic rings. The molecule has 1 atom stereocenters. The highest BCUT2D eigenvalue weighted by Crippen LogP contribution is 2.23. The van der Waals surface area contributed by atoms with Crippen molar-refractivity contribution in [1.29, 1.82) is 0 Å². The molecule has 0 fully saturated rings. The molecule has 0 aliphatic carbocycles. The van der Waals surface area contributed by atoms with E-state index in [0.29, 0.717) is 5.56 Å². The fourth-order valence-corrected chi connectivity index (χ4v) is 2.95. The first-order valence-electron chi connectivity index (χ1n) is 8.07. The molecule has 0 aliphatic heterocycles. The van der Waals surface area contributed by atoms with Crippen LogP contribution in [0.1, 0.15) is 28.4 Å². The Hall–Kier alpha value is -3.08. The highest BCUT2D eigenvalue weighted by Gasteiger charge is 2.21. The molecule has 0 unspecified atom stereocenters. The lowest BCUT2D eigenvalue weighted by atomic mass is 10.0. The van der Waals surface area contributed by atoms with E-state index in [1.165, 1.54) is 7.11 Å². The minimum atomic E-state index is -0.444. The van der Waals surface area contributed by atoms with E-state index in [9.17, 15) is 9.59 Å². The van der Waals surface area contributed by atoms with Crippen molar-refractivity contribution in [3.8, 4) is 0 Å². The van der Waals surface area contributed by atoms with Gasteiger partial charge < -0.3 is 14.6 Å². The van der Waals surface area contributed by atoms with Gasteiger partial charge in [0, 0.05) is 24.1 Å². The Bertz CT molecular complexity index is 900. The average molecular weight is 336 g/mol. The minimum absolute atomic E-state index is 0.0804. The zero-order chi connectivity index (χ0) is 17.8. The van der Waals surface area contributed by atoms with Crippen LogP contribution in [0.3, 0.4) is 0 Å². The molecule has 5 heteroatoms. The van der Waals surface area contributed by atoms with Crippen molar-refractivity contribution in [2.75, 3.05) is 7.11 Å². The van der Waals surface area contributed by atoms with Gasteiger partial charge in [-0.1, -0.05) is 48.5 Å². The molecule has 0 spiro atoms. The Morgan fingerprint density at radius 3 is 2.48 bits per heavy atom. The molecular formula is C20H20N2O3. The van der Waals surface area contributed by atoms with E-state index >= 15 is 0 Å². The lowest BCUT2D eigenvalue weighted by Gasteiger charge is -2.18. The van der Waals surface area contributed by atoms with Gasteiger partial charge in [0.1, 0.15) is 0 Å². The number of para-hydroxylation sites is 1. The normalized spacial score (nSPS) is 11.9. The number of ether oxygens (including phenoxy) is 1. The maximum atomic E-state index is 12.8. The fraction of sp³-hybridized carbons (Fsp3) is 0.200. The number of carbonyl (C=O) groups excluding carboxylic acids is 2. The highest BCUT2D eigenvalue weighted by atomic mass is 16.5. The Kier molecular flexibility index (Phi) is 4.84. The van der Waals surface area contributed by atoms with Crippen molar-refractivity contribution in [3.05, 3.63) is 71.9 Å². The van der Waals surface area contributed by atoms with E-state index in [4.69, 9.17) is 4.74 Å². The van der Waals surface area contributed by atoms with Crippen LogP contribution >= 0.6 is 0 Å². The van der Waals surface area contributed by atoms with Crippen molar-refractivity contribution in [3.63, 3.8) is 0 Å². The number of esters is 1. The van der Waals surface area contributed by atoms with E-state index in [1.807, 2.05) is 66.2 Å². The van der Waals surface area contributed by atoms with Crippen molar-refractivity contribution in [2.24, 2.45) is 7.05 Å². The third-order valence-electron chi connectivity index (χ3n) is 4.25. The Morgan fingerprint density at radius 2 is 1.76 bits per heavy atom. The van der Waals surface area contributed by atoms with Gasteiger partial charge in [0.2, 0.25) is 0 Å². The molecule has 0 bridgehead atoms. The number of aromatic nitrogens is 1. The van der Waals surface area contributed by atoms with Gasteiger partial charge in [-0.25, -0.2) is 0 Å². The summed E-state index contributed by atoms with van der Waals surface area (Å²) in [6.07, 6.45) is 1.89. The summed E-state index contributed by atoms with van der Waals surface area (Å²) < 4.78 is 6.69. The van der Waals surface area contributed by atoms with Gasteiger partial charge in [-0.15, -0.1) is 0 Å².